The molecule has 2 spiro atoms. The first-order valence-corrected chi connectivity index (χ1v) is 49.2. The number of nitrogens with zero attached hydrogens (tertiary/aromatic N) is 11. The van der Waals surface area contributed by atoms with E-state index in [1.807, 2.05) is 23.5 Å². The fourth-order valence-electron chi connectivity index (χ4n) is 22.2. The molecular formula is C108H142N12O2S2+8. The van der Waals surface area contributed by atoms with E-state index in [1.54, 1.807) is 0 Å². The summed E-state index contributed by atoms with van der Waals surface area (Å²) in [5.41, 5.74) is 16.8. The summed E-state index contributed by atoms with van der Waals surface area (Å²) in [4.78, 5) is 34.3. The van der Waals surface area contributed by atoms with Crippen LogP contribution < -0.4 is 9.80 Å². The maximum Gasteiger partial charge on any atom is 0.317 e. The number of benzene rings is 6. The quantitative estimate of drug-likeness (QED) is 0.0315. The van der Waals surface area contributed by atoms with Gasteiger partial charge in [0, 0.05) is 163 Å². The standard InChI is InChI=1S/C46H63N4O2.C35H43N4S2.C27H35N4/c1-43(2)27-18-28-44(3,4)48(43)34-26-40-46(31-15-8-16-32-46)36-20-10-12-22-38(36)50(40)42(52)24-17-23-41(51)49-37-21-11-9-19-35(37)45(29-13-7-14-30-45)39(49)25-33-47(5)6;1-3-36-22-24-40-34(36)18-16-28-26-38(32-14-8-6-12-30(28)32)20-10-5-11-21-39-27-29(31-13-7-9-15-33(31)39)17-19-35-37(4-2)23-25-41-35;1-28(2)18-22-20-30(26-14-8-6-12-24(22)26)16-10-5-11-17-31-21-23(19-29(3)4)25-13-7-9-15-27(25)31/h9-12,19-22,25-26,33-34,39H,7-8,13-18,23-24,27-32H2,1-6H3;6-9,12-19,26-28H,3-5,10-11,20-25H2,1-2H3;6-9,12-15,18-22H,5,10-11,16-17H2,1-4H3/q+1;2*+3/p+1/b33-25+;18-16+;. The molecule has 2 amide bonds. The molecule has 4 unspecified atom stereocenters. The minimum Gasteiger partial charge on any atom is -0.384 e. The van der Waals surface area contributed by atoms with Gasteiger partial charge < -0.3 is 14.0 Å². The first-order chi connectivity index (χ1) is 60.2. The summed E-state index contributed by atoms with van der Waals surface area (Å²) < 4.78 is 21.6. The van der Waals surface area contributed by atoms with E-state index in [0.717, 1.165) is 106 Å². The highest BCUT2D eigenvalue weighted by atomic mass is 32.2. The molecule has 124 heavy (non-hydrogen) atoms. The maximum absolute atomic E-state index is 14.7. The van der Waals surface area contributed by atoms with Gasteiger partial charge in [-0.05, 0) is 148 Å². The number of quaternary nitrogens is 1. The topological polar surface area (TPSA) is 76.0 Å². The summed E-state index contributed by atoms with van der Waals surface area (Å²) in [5, 5.41) is 5.52. The van der Waals surface area contributed by atoms with Crippen LogP contribution in [0.2, 0.25) is 0 Å². The van der Waals surface area contributed by atoms with Crippen molar-refractivity contribution in [2.75, 3.05) is 98.0 Å². The third-order valence-corrected chi connectivity index (χ3v) is 30.3. The fraction of sp³-hybridized carbons (Fsp3) is 0.472. The van der Waals surface area contributed by atoms with Crippen molar-refractivity contribution in [3.05, 3.63) is 234 Å². The van der Waals surface area contributed by atoms with Gasteiger partial charge >= 0.3 is 5.91 Å². The number of carbonyl (C=O) groups excluding carboxylic acids is 2. The van der Waals surface area contributed by atoms with Crippen molar-refractivity contribution in [3.63, 3.8) is 0 Å². The molecule has 8 aromatic rings. The molecule has 9 heterocycles. The first kappa shape index (κ1) is 89.5. The predicted octanol–water partition coefficient (Wildman–Crippen LogP) is 20.1. The van der Waals surface area contributed by atoms with E-state index < -0.39 is 0 Å². The highest BCUT2D eigenvalue weighted by Gasteiger charge is 2.57. The molecule has 1 saturated heterocycles. The van der Waals surface area contributed by atoms with E-state index in [1.165, 1.54) is 178 Å². The molecule has 16 heteroatoms. The zero-order valence-electron chi connectivity index (χ0n) is 76.9. The van der Waals surface area contributed by atoms with Gasteiger partial charge in [0.05, 0.1) is 40.5 Å². The molecule has 2 saturated carbocycles. The Bertz CT molecular complexity index is 5510. The lowest BCUT2D eigenvalue weighted by molar-refractivity contribution is -0.770. The van der Waals surface area contributed by atoms with Crippen molar-refractivity contribution in [3.8, 4) is 0 Å². The average molecular weight is 1700 g/mol. The lowest BCUT2D eigenvalue weighted by Crippen LogP contribution is -3.13. The van der Waals surface area contributed by atoms with Crippen molar-refractivity contribution in [2.24, 2.45) is 0 Å². The molecule has 0 bridgehead atoms. The van der Waals surface area contributed by atoms with Crippen LogP contribution in [0.5, 0.6) is 0 Å². The Morgan fingerprint density at radius 3 is 1.69 bits per heavy atom. The summed E-state index contributed by atoms with van der Waals surface area (Å²) >= 11 is 3.96. The highest BCUT2D eigenvalue weighted by molar-refractivity contribution is 8.14. The van der Waals surface area contributed by atoms with E-state index in [0.29, 0.717) is 31.1 Å². The van der Waals surface area contributed by atoms with Gasteiger partial charge in [-0.3, -0.25) is 9.69 Å². The smallest absolute Gasteiger partial charge is 0.317 e. The number of allylic oxidation sites excluding steroid dienone is 3. The molecule has 0 radical (unpaired) electrons. The van der Waals surface area contributed by atoms with Gasteiger partial charge in [0.1, 0.15) is 72.0 Å². The van der Waals surface area contributed by atoms with Crippen molar-refractivity contribution in [1.82, 2.24) is 14.0 Å². The number of aryl methyl sites for hydroxylation is 2. The van der Waals surface area contributed by atoms with Crippen LogP contribution in [0.3, 0.4) is 0 Å². The number of nitrogens with one attached hydrogen (secondary N) is 1. The van der Waals surface area contributed by atoms with Crippen LogP contribution in [0.4, 0.5) is 22.7 Å². The normalized spacial score (nSPS) is 21.0. The Balaban J connectivity index is 0.000000149. The van der Waals surface area contributed by atoms with Gasteiger partial charge in [0.25, 0.3) is 0 Å². The van der Waals surface area contributed by atoms with Gasteiger partial charge in [-0.15, -0.1) is 0 Å². The minimum absolute atomic E-state index is 0.0105. The van der Waals surface area contributed by atoms with Gasteiger partial charge in [-0.2, -0.15) is 0 Å². The lowest BCUT2D eigenvalue weighted by atomic mass is 9.66. The lowest BCUT2D eigenvalue weighted by Gasteiger charge is -2.39. The average Bonchev–Trinajstić information content (AvgIpc) is 1.57. The van der Waals surface area contributed by atoms with E-state index in [-0.39, 0.29) is 39.8 Å². The molecule has 14 nitrogen and oxygen atoms in total. The molecule has 4 atom stereocenters. The number of para-hydroxylation sites is 6. The number of piperidine rings is 1. The maximum atomic E-state index is 14.7. The van der Waals surface area contributed by atoms with Crippen molar-refractivity contribution < 1.29 is 46.5 Å². The zero-order valence-corrected chi connectivity index (χ0v) is 78.5. The van der Waals surface area contributed by atoms with Crippen LogP contribution in [-0.4, -0.2) is 209 Å². The molecule has 650 valence electrons. The number of fused-ring (bicyclic) bond motifs is 8. The number of hydrogen-bond acceptors (Lipinski definition) is 5. The highest BCUT2D eigenvalue weighted by Crippen LogP contribution is 2.56. The summed E-state index contributed by atoms with van der Waals surface area (Å²) in [5.74, 6) is 3.47. The molecule has 7 aliphatic heterocycles. The van der Waals surface area contributed by atoms with E-state index >= 15 is 0 Å². The Kier molecular flexibility index (Phi) is 29.2. The monoisotopic (exact) mass is 1700 g/mol. The minimum atomic E-state index is -0.148. The van der Waals surface area contributed by atoms with E-state index in [4.69, 9.17) is 0 Å². The van der Waals surface area contributed by atoms with Crippen LogP contribution >= 0.6 is 23.5 Å². The molecular weight excluding hydrogens is 1560 g/mol. The molecule has 2 aromatic heterocycles. The Morgan fingerprint density at radius 2 is 1.08 bits per heavy atom. The second-order valence-corrected chi connectivity index (χ2v) is 40.4. The number of hydrogen-bond donors (Lipinski definition) is 1. The first-order valence-electron chi connectivity index (χ1n) is 47.3. The van der Waals surface area contributed by atoms with Crippen molar-refractivity contribution in [1.29, 1.82) is 0 Å². The summed E-state index contributed by atoms with van der Waals surface area (Å²) in [7, 11) is 12.5. The number of rotatable bonds is 27. The molecule has 1 N–H and O–H groups in total. The largest absolute Gasteiger partial charge is 0.384 e. The summed E-state index contributed by atoms with van der Waals surface area (Å²) in [6, 6.07) is 52.8. The molecule has 3 fully saturated rings. The molecule has 9 aliphatic rings. The predicted molar refractivity (Wildman–Crippen MR) is 524 cm³/mol. The summed E-state index contributed by atoms with van der Waals surface area (Å²) in [6.07, 6.45) is 56.2. The number of carbonyl (C=O) groups is 2. The Morgan fingerprint density at radius 1 is 0.540 bits per heavy atom. The van der Waals surface area contributed by atoms with Crippen molar-refractivity contribution in [2.45, 2.75) is 236 Å². The molecule has 17 rings (SSSR count). The van der Waals surface area contributed by atoms with Crippen molar-refractivity contribution >= 4 is 127 Å². The van der Waals surface area contributed by atoms with Gasteiger partial charge in [0.2, 0.25) is 27.4 Å². The van der Waals surface area contributed by atoms with Crippen LogP contribution in [0.25, 0.3) is 27.9 Å². The second kappa shape index (κ2) is 40.5. The second-order valence-electron chi connectivity index (χ2n) is 38.2. The fourth-order valence-corrected chi connectivity index (χ4v) is 24.4. The zero-order chi connectivity index (χ0) is 86.5. The van der Waals surface area contributed by atoms with Gasteiger partial charge in [-0.25, -0.2) is 41.7 Å². The van der Waals surface area contributed by atoms with Crippen LogP contribution in [-0.2, 0) is 33.5 Å². The van der Waals surface area contributed by atoms with Gasteiger partial charge in [-0.1, -0.05) is 177 Å². The van der Waals surface area contributed by atoms with Crippen LogP contribution in [0, 0.1) is 0 Å². The van der Waals surface area contributed by atoms with Crippen LogP contribution in [0.15, 0.2) is 200 Å². The number of anilines is 1. The Labute approximate surface area is 750 Å². The van der Waals surface area contributed by atoms with Crippen LogP contribution in [0.1, 0.15) is 228 Å². The number of aromatic nitrogens is 2. The van der Waals surface area contributed by atoms with Gasteiger partial charge in [0.15, 0.2) is 55.2 Å². The number of unbranched alkanes of at least 4 members (excludes halogenated alkanes) is 4. The molecule has 6 aromatic carbocycles. The molecule has 2 aliphatic carbocycles. The third-order valence-electron chi connectivity index (χ3n) is 28.1. The van der Waals surface area contributed by atoms with E-state index in [9.17, 15) is 9.59 Å². The third kappa shape index (κ3) is 19.7. The SMILES string of the molecule is CC[N+]1=C(/C=C/c2cn(CCCCC[N+]3=CC(/C=C/C4=[N+](CC)CCS4)c4ccccc43)c3ccccc23)SCC1.CN(C)/C=C/C1[NH+](C(=O)CCCC(=O)N2C(=CC=[N+]3C(C)(C)CCCC3(C)C)C3(CCCCC3)c3ccccc32)c2ccccc2C12CCCCC2.C[N+](C)=Cc1cn(CCCCC[N+]2=CC(C=[N+](C)C)c3ccccc32)c2ccccc12. The number of thioether (sulfide) groups is 2. The van der Waals surface area contributed by atoms with E-state index in [2.05, 4.69) is 367 Å². The number of amides is 2. The summed E-state index contributed by atoms with van der Waals surface area (Å²) in [6.45, 7) is 22.8. The Hall–Kier alpha value is -9.35.